The van der Waals surface area contributed by atoms with E-state index in [1.165, 1.54) is 6.08 Å². The summed E-state index contributed by atoms with van der Waals surface area (Å²) in [5.74, 6) is -16.6. The zero-order chi connectivity index (χ0) is 40.1. The third-order valence-electron chi connectivity index (χ3n) is 9.23. The van der Waals surface area contributed by atoms with E-state index < -0.39 is 99.9 Å². The first-order valence-corrected chi connectivity index (χ1v) is 17.0. The number of rotatable bonds is 13. The zero-order valence-corrected chi connectivity index (χ0v) is 29.1. The molecule has 1 aliphatic rings. The predicted octanol–water partition coefficient (Wildman–Crippen LogP) is 8.91. The molecule has 0 radical (unpaired) electrons. The van der Waals surface area contributed by atoms with Gasteiger partial charge in [0.15, 0.2) is 28.9 Å². The fourth-order valence-electron chi connectivity index (χ4n) is 6.66. The molecule has 1 N–H and O–H groups in total. The van der Waals surface area contributed by atoms with Crippen LogP contribution in [0.1, 0.15) is 46.6 Å². The highest BCUT2D eigenvalue weighted by Gasteiger charge is 2.48. The van der Waals surface area contributed by atoms with E-state index in [0.717, 1.165) is 70.8 Å². The van der Waals surface area contributed by atoms with Gasteiger partial charge in [-0.2, -0.15) is 0 Å². The van der Waals surface area contributed by atoms with Crippen LogP contribution in [0, 0.1) is 40.7 Å². The van der Waals surface area contributed by atoms with Gasteiger partial charge in [-0.1, -0.05) is 85.5 Å². The lowest BCUT2D eigenvalue weighted by Crippen LogP contribution is -2.43. The number of halogens is 7. The molecule has 1 aliphatic carbocycles. The summed E-state index contributed by atoms with van der Waals surface area (Å²) < 4.78 is 120. The third kappa shape index (κ3) is 7.59. The van der Waals surface area contributed by atoms with Gasteiger partial charge in [0.05, 0.1) is 5.56 Å². The number of carbonyl (C=O) groups excluding carboxylic acids is 3. The molecule has 0 aromatic heterocycles. The molecule has 7 nitrogen and oxygen atoms in total. The molecule has 0 bridgehead atoms. The molecule has 1 amide bonds. The van der Waals surface area contributed by atoms with Crippen molar-refractivity contribution in [2.24, 2.45) is 0 Å². The first-order valence-electron chi connectivity index (χ1n) is 17.0. The highest BCUT2D eigenvalue weighted by molar-refractivity contribution is 5.83. The largest absolute Gasteiger partial charge is 0.460 e. The Kier molecular flexibility index (Phi) is 11.6. The molecule has 56 heavy (non-hydrogen) atoms. The quantitative estimate of drug-likeness (QED) is 0.0244. The minimum absolute atomic E-state index is 0.143. The fraction of sp³-hybridized carbons (Fsp3) is 0.167. The molecule has 1 atom stereocenters. The molecule has 0 heterocycles. The number of ether oxygens (including phenoxy) is 3. The summed E-state index contributed by atoms with van der Waals surface area (Å²) in [6, 6.07) is 20.1. The van der Waals surface area contributed by atoms with Gasteiger partial charge in [-0.3, -0.25) is 4.79 Å². The summed E-state index contributed by atoms with van der Waals surface area (Å²) in [5.41, 5.74) is -1.98. The monoisotopic (exact) mass is 777 g/mol. The van der Waals surface area contributed by atoms with Crippen molar-refractivity contribution in [2.75, 3.05) is 13.2 Å². The van der Waals surface area contributed by atoms with Gasteiger partial charge < -0.3 is 19.5 Å². The van der Waals surface area contributed by atoms with Gasteiger partial charge in [-0.05, 0) is 52.9 Å². The third-order valence-corrected chi connectivity index (χ3v) is 9.23. The second-order valence-corrected chi connectivity index (χ2v) is 12.6. The second-order valence-electron chi connectivity index (χ2n) is 12.6. The van der Waals surface area contributed by atoms with Crippen molar-refractivity contribution in [3.8, 4) is 11.1 Å². The van der Waals surface area contributed by atoms with Crippen molar-refractivity contribution < 1.29 is 59.3 Å². The average molecular weight is 778 g/mol. The van der Waals surface area contributed by atoms with Gasteiger partial charge in [0, 0.05) is 23.5 Å². The first kappa shape index (κ1) is 39.3. The van der Waals surface area contributed by atoms with Crippen LogP contribution in [-0.4, -0.2) is 37.3 Å². The van der Waals surface area contributed by atoms with Crippen molar-refractivity contribution in [1.29, 1.82) is 0 Å². The van der Waals surface area contributed by atoms with Crippen LogP contribution in [0.25, 0.3) is 11.1 Å². The lowest BCUT2D eigenvalue weighted by molar-refractivity contribution is -0.154. The van der Waals surface area contributed by atoms with E-state index in [9.17, 15) is 36.3 Å². The van der Waals surface area contributed by atoms with Crippen molar-refractivity contribution in [3.63, 3.8) is 0 Å². The van der Waals surface area contributed by atoms with Crippen LogP contribution in [0.15, 0.2) is 110 Å². The minimum atomic E-state index is -3.05. The van der Waals surface area contributed by atoms with Crippen LogP contribution >= 0.6 is 0 Å². The van der Waals surface area contributed by atoms with Crippen LogP contribution in [-0.2, 0) is 29.4 Å². The van der Waals surface area contributed by atoms with E-state index in [0.29, 0.717) is 0 Å². The Bertz CT molecular complexity index is 2180. The lowest BCUT2D eigenvalue weighted by Gasteiger charge is -2.36. The molecule has 14 heteroatoms. The summed E-state index contributed by atoms with van der Waals surface area (Å²) in [7, 11) is 0. The van der Waals surface area contributed by atoms with Crippen molar-refractivity contribution in [3.05, 3.63) is 178 Å². The molecule has 0 saturated carbocycles. The average Bonchev–Trinajstić information content (AvgIpc) is 3.52. The molecule has 6 rings (SSSR count). The Morgan fingerprint density at radius 2 is 1.16 bits per heavy atom. The molecule has 0 aliphatic heterocycles. The summed E-state index contributed by atoms with van der Waals surface area (Å²) in [6.07, 6.45) is -1.29. The van der Waals surface area contributed by atoms with E-state index in [4.69, 9.17) is 14.2 Å². The highest BCUT2D eigenvalue weighted by Crippen LogP contribution is 2.46. The maximum atomic E-state index is 15.7. The van der Waals surface area contributed by atoms with Crippen LogP contribution < -0.4 is 5.32 Å². The zero-order valence-electron chi connectivity index (χ0n) is 29.1. The summed E-state index contributed by atoms with van der Waals surface area (Å²) in [6.45, 7) is 3.01. The molecule has 0 fully saturated rings. The smallest absolute Gasteiger partial charge is 0.407 e. The van der Waals surface area contributed by atoms with Crippen LogP contribution in [0.3, 0.4) is 0 Å². The summed E-state index contributed by atoms with van der Waals surface area (Å²) in [5, 5.41) is 2.34. The van der Waals surface area contributed by atoms with Gasteiger partial charge in [-0.15, -0.1) is 0 Å². The Balaban J connectivity index is 1.29. The molecule has 5 aromatic rings. The summed E-state index contributed by atoms with van der Waals surface area (Å²) >= 11 is 0. The van der Waals surface area contributed by atoms with E-state index in [1.807, 2.05) is 48.5 Å². The second kappa shape index (κ2) is 16.5. The van der Waals surface area contributed by atoms with E-state index >= 15 is 8.78 Å². The highest BCUT2D eigenvalue weighted by atomic mass is 19.2. The van der Waals surface area contributed by atoms with E-state index in [-0.39, 0.29) is 19.1 Å². The number of nitrogens with one attached hydrogen (secondary N) is 1. The van der Waals surface area contributed by atoms with Crippen LogP contribution in [0.2, 0.25) is 0 Å². The van der Waals surface area contributed by atoms with Crippen LogP contribution in [0.4, 0.5) is 35.5 Å². The van der Waals surface area contributed by atoms with Crippen LogP contribution in [0.5, 0.6) is 0 Å². The number of hydrogen-bond donors (Lipinski definition) is 1. The van der Waals surface area contributed by atoms with Gasteiger partial charge in [0.2, 0.25) is 5.82 Å². The number of alkyl carbamates (subject to hydrolysis) is 1. The molecular weight excluding hydrogens is 747 g/mol. The Hall–Kier alpha value is -6.44. The fourth-order valence-corrected chi connectivity index (χ4v) is 6.66. The normalized spacial score (nSPS) is 12.6. The first-order chi connectivity index (χ1) is 26.9. The minimum Gasteiger partial charge on any atom is -0.460 e. The SMILES string of the molecule is C=CCOC(=O)[C@H](CCC(=O)OC(c1ccc(F)cc1)(c1ccc(F)cc1)c1c(F)c(F)c(F)c(F)c1F)NC(=O)OCC1c2ccccc2-c2ccccc21. The maximum absolute atomic E-state index is 15.7. The maximum Gasteiger partial charge on any atom is 0.407 e. The number of carbonyl (C=O) groups is 3. The van der Waals surface area contributed by atoms with Gasteiger partial charge in [0.1, 0.15) is 30.9 Å². The molecule has 0 saturated heterocycles. The van der Waals surface area contributed by atoms with Crippen molar-refractivity contribution in [2.45, 2.75) is 30.4 Å². The Labute approximate surface area is 315 Å². The van der Waals surface area contributed by atoms with Gasteiger partial charge in [-0.25, -0.2) is 40.3 Å². The number of benzene rings is 5. The summed E-state index contributed by atoms with van der Waals surface area (Å²) in [4.78, 5) is 39.9. The van der Waals surface area contributed by atoms with Crippen molar-refractivity contribution >= 4 is 18.0 Å². The van der Waals surface area contributed by atoms with Gasteiger partial charge >= 0.3 is 18.0 Å². The number of amides is 1. The molecule has 288 valence electrons. The Morgan fingerprint density at radius 1 is 0.679 bits per heavy atom. The number of fused-ring (bicyclic) bond motifs is 3. The predicted molar refractivity (Wildman–Crippen MR) is 187 cm³/mol. The lowest BCUT2D eigenvalue weighted by atomic mass is 9.79. The Morgan fingerprint density at radius 3 is 1.66 bits per heavy atom. The molecule has 0 spiro atoms. The molecule has 5 aromatic carbocycles. The topological polar surface area (TPSA) is 90.9 Å². The molecular formula is C42H30F7NO6. The van der Waals surface area contributed by atoms with E-state index in [1.54, 1.807) is 0 Å². The molecule has 0 unspecified atom stereocenters. The van der Waals surface area contributed by atoms with Gasteiger partial charge in [0.25, 0.3) is 0 Å². The van der Waals surface area contributed by atoms with E-state index in [2.05, 4.69) is 11.9 Å². The van der Waals surface area contributed by atoms with Crippen molar-refractivity contribution in [1.82, 2.24) is 5.32 Å². The standard InChI is InChI=1S/C42H30F7NO6/c1-2-21-54-40(52)32(50-41(53)55-22-31-29-9-5-3-7-27(29)28-8-4-6-10-30(28)31)19-20-33(51)56-42(23-11-15-25(43)16-12-23,24-13-17-26(44)18-14-24)34-35(45)37(47)39(49)38(48)36(34)46/h2-18,31-32H,1,19-22H2,(H,50,53)/t32-/m0/s1. The number of esters is 2. The number of hydrogen-bond acceptors (Lipinski definition) is 6.